The summed E-state index contributed by atoms with van der Waals surface area (Å²) in [4.78, 5) is 17.3. The van der Waals surface area contributed by atoms with Crippen LogP contribution in [0.2, 0.25) is 0 Å². The summed E-state index contributed by atoms with van der Waals surface area (Å²) in [5.41, 5.74) is 0. The lowest BCUT2D eigenvalue weighted by Crippen LogP contribution is -2.50. The first-order valence-corrected chi connectivity index (χ1v) is 6.51. The summed E-state index contributed by atoms with van der Waals surface area (Å²) in [6.45, 7) is 5.44. The molecule has 98 valence electrons. The maximum Gasteiger partial charge on any atom is 0.341 e. The third-order valence-electron chi connectivity index (χ3n) is 3.25. The second-order valence-electron chi connectivity index (χ2n) is 5.02. The van der Waals surface area contributed by atoms with Crippen molar-refractivity contribution in [2.24, 2.45) is 0 Å². The van der Waals surface area contributed by atoms with Gasteiger partial charge in [0.2, 0.25) is 0 Å². The highest BCUT2D eigenvalue weighted by Gasteiger charge is 2.27. The minimum atomic E-state index is -0.101. The highest BCUT2D eigenvalue weighted by molar-refractivity contribution is 5.73. The lowest BCUT2D eigenvalue weighted by atomic mass is 10.0. The van der Waals surface area contributed by atoms with Crippen LogP contribution in [0, 0.1) is 0 Å². The molecule has 0 aromatic heterocycles. The number of urea groups is 1. The van der Waals surface area contributed by atoms with Crippen LogP contribution < -0.4 is 5.32 Å². The Labute approximate surface area is 102 Å². The van der Waals surface area contributed by atoms with E-state index in [-0.39, 0.29) is 24.3 Å². The first-order valence-electron chi connectivity index (χ1n) is 6.51. The Morgan fingerprint density at radius 2 is 1.94 bits per heavy atom. The number of hydroxylamine groups is 2. The minimum absolute atomic E-state index is 0.101. The highest BCUT2D eigenvalue weighted by Crippen LogP contribution is 2.19. The van der Waals surface area contributed by atoms with Gasteiger partial charge < -0.3 is 10.1 Å². The van der Waals surface area contributed by atoms with Crippen molar-refractivity contribution in [2.45, 2.75) is 57.8 Å². The number of rotatable bonds is 1. The van der Waals surface area contributed by atoms with Crippen molar-refractivity contribution in [3.05, 3.63) is 0 Å². The second-order valence-corrected chi connectivity index (χ2v) is 5.02. The molecule has 0 bridgehead atoms. The molecule has 0 saturated carbocycles. The molecule has 2 fully saturated rings. The Balaban J connectivity index is 1.80. The molecule has 2 saturated heterocycles. The first-order chi connectivity index (χ1) is 8.15. The smallest absolute Gasteiger partial charge is 0.341 e. The van der Waals surface area contributed by atoms with Gasteiger partial charge in [0.15, 0.2) is 0 Å². The van der Waals surface area contributed by atoms with Gasteiger partial charge in [0.1, 0.15) is 0 Å². The highest BCUT2D eigenvalue weighted by atomic mass is 16.7. The molecular formula is C12H22N2O3. The molecule has 2 heterocycles. The molecule has 5 nitrogen and oxygen atoms in total. The van der Waals surface area contributed by atoms with Crippen LogP contribution in [0.25, 0.3) is 0 Å². The number of hydrogen-bond donors (Lipinski definition) is 1. The van der Waals surface area contributed by atoms with Gasteiger partial charge in [0.05, 0.1) is 25.4 Å². The van der Waals surface area contributed by atoms with Crippen LogP contribution in [0.1, 0.15) is 39.5 Å². The van der Waals surface area contributed by atoms with Gasteiger partial charge in [-0.3, -0.25) is 4.84 Å². The predicted octanol–water partition coefficient (Wildman–Crippen LogP) is 1.68. The maximum absolute atomic E-state index is 11.9. The van der Waals surface area contributed by atoms with E-state index in [0.29, 0.717) is 13.2 Å². The number of nitrogens with one attached hydrogen (secondary N) is 1. The van der Waals surface area contributed by atoms with E-state index in [1.165, 1.54) is 5.06 Å². The first kappa shape index (κ1) is 12.6. The van der Waals surface area contributed by atoms with Gasteiger partial charge in [-0.05, 0) is 39.5 Å². The molecule has 2 aliphatic rings. The van der Waals surface area contributed by atoms with Crippen LogP contribution in [-0.4, -0.2) is 42.5 Å². The molecule has 0 aromatic rings. The van der Waals surface area contributed by atoms with Gasteiger partial charge in [-0.25, -0.2) is 9.86 Å². The number of carbonyl (C=O) groups excluding carboxylic acids is 1. The third-order valence-corrected chi connectivity index (χ3v) is 3.25. The average Bonchev–Trinajstić information content (AvgIpc) is 2.28. The lowest BCUT2D eigenvalue weighted by molar-refractivity contribution is -0.141. The van der Waals surface area contributed by atoms with Crippen molar-refractivity contribution in [3.8, 4) is 0 Å². The summed E-state index contributed by atoms with van der Waals surface area (Å²) >= 11 is 0. The quantitative estimate of drug-likeness (QED) is 0.761. The van der Waals surface area contributed by atoms with Crippen molar-refractivity contribution in [1.82, 2.24) is 10.4 Å². The molecule has 0 radical (unpaired) electrons. The molecule has 2 atom stereocenters. The van der Waals surface area contributed by atoms with E-state index in [0.717, 1.165) is 25.7 Å². The van der Waals surface area contributed by atoms with Crippen LogP contribution in [0.3, 0.4) is 0 Å². The molecule has 0 aliphatic carbocycles. The SMILES string of the molecule is CC1CC(NC(=O)N2CCCCO2)CC(C)O1. The standard InChI is InChI=1S/C12H22N2O3/c1-9-7-11(8-10(2)17-9)13-12(15)14-5-3-4-6-16-14/h9-11H,3-8H2,1-2H3,(H,13,15). The molecule has 0 aromatic carbocycles. The van der Waals surface area contributed by atoms with Gasteiger partial charge in [0, 0.05) is 6.04 Å². The molecule has 17 heavy (non-hydrogen) atoms. The summed E-state index contributed by atoms with van der Waals surface area (Å²) in [5, 5.41) is 4.48. The number of hydrogen-bond acceptors (Lipinski definition) is 3. The summed E-state index contributed by atoms with van der Waals surface area (Å²) < 4.78 is 5.65. The van der Waals surface area contributed by atoms with E-state index < -0.39 is 0 Å². The van der Waals surface area contributed by atoms with Crippen molar-refractivity contribution >= 4 is 6.03 Å². The van der Waals surface area contributed by atoms with E-state index in [1.54, 1.807) is 0 Å². The number of nitrogens with zero attached hydrogens (tertiary/aromatic N) is 1. The normalized spacial score (nSPS) is 34.5. The van der Waals surface area contributed by atoms with E-state index >= 15 is 0 Å². The maximum atomic E-state index is 11.9. The Hall–Kier alpha value is -0.810. The summed E-state index contributed by atoms with van der Waals surface area (Å²) in [5.74, 6) is 0. The van der Waals surface area contributed by atoms with E-state index in [9.17, 15) is 4.79 Å². The fourth-order valence-corrected chi connectivity index (χ4v) is 2.53. The Bertz CT molecular complexity index is 256. The average molecular weight is 242 g/mol. The monoisotopic (exact) mass is 242 g/mol. The van der Waals surface area contributed by atoms with Crippen LogP contribution >= 0.6 is 0 Å². The molecule has 2 rings (SSSR count). The summed E-state index contributed by atoms with van der Waals surface area (Å²) in [6.07, 6.45) is 4.24. The van der Waals surface area contributed by atoms with Gasteiger partial charge in [-0.1, -0.05) is 0 Å². The van der Waals surface area contributed by atoms with E-state index in [1.807, 2.05) is 13.8 Å². The molecule has 2 aliphatic heterocycles. The fraction of sp³-hybridized carbons (Fsp3) is 0.917. The summed E-state index contributed by atoms with van der Waals surface area (Å²) in [7, 11) is 0. The molecule has 0 spiro atoms. The van der Waals surface area contributed by atoms with Crippen LogP contribution in [-0.2, 0) is 9.57 Å². The largest absolute Gasteiger partial charge is 0.375 e. The van der Waals surface area contributed by atoms with Crippen molar-refractivity contribution < 1.29 is 14.4 Å². The van der Waals surface area contributed by atoms with Crippen molar-refractivity contribution in [1.29, 1.82) is 0 Å². The van der Waals surface area contributed by atoms with Crippen molar-refractivity contribution in [2.75, 3.05) is 13.2 Å². The van der Waals surface area contributed by atoms with Crippen LogP contribution in [0.5, 0.6) is 0 Å². The zero-order valence-electron chi connectivity index (χ0n) is 10.6. The Kier molecular flexibility index (Phi) is 4.23. The molecule has 2 amide bonds. The lowest BCUT2D eigenvalue weighted by Gasteiger charge is -2.34. The zero-order valence-corrected chi connectivity index (χ0v) is 10.6. The number of amides is 2. The second kappa shape index (κ2) is 5.69. The minimum Gasteiger partial charge on any atom is -0.375 e. The summed E-state index contributed by atoms with van der Waals surface area (Å²) in [6, 6.07) is 0.0998. The van der Waals surface area contributed by atoms with Crippen molar-refractivity contribution in [3.63, 3.8) is 0 Å². The number of carbonyl (C=O) groups is 1. The molecule has 1 N–H and O–H groups in total. The van der Waals surface area contributed by atoms with Crippen LogP contribution in [0.4, 0.5) is 4.79 Å². The molecular weight excluding hydrogens is 220 g/mol. The zero-order chi connectivity index (χ0) is 12.3. The fourth-order valence-electron chi connectivity index (χ4n) is 2.53. The van der Waals surface area contributed by atoms with Crippen LogP contribution in [0.15, 0.2) is 0 Å². The van der Waals surface area contributed by atoms with E-state index in [2.05, 4.69) is 5.32 Å². The third kappa shape index (κ3) is 3.57. The van der Waals surface area contributed by atoms with E-state index in [4.69, 9.17) is 9.57 Å². The topological polar surface area (TPSA) is 50.8 Å². The molecule has 5 heteroatoms. The Morgan fingerprint density at radius 3 is 2.53 bits per heavy atom. The van der Waals surface area contributed by atoms with Gasteiger partial charge in [-0.15, -0.1) is 0 Å². The Morgan fingerprint density at radius 1 is 1.24 bits per heavy atom. The van der Waals surface area contributed by atoms with Gasteiger partial charge in [-0.2, -0.15) is 0 Å². The van der Waals surface area contributed by atoms with Gasteiger partial charge >= 0.3 is 6.03 Å². The predicted molar refractivity (Wildman–Crippen MR) is 63.5 cm³/mol. The van der Waals surface area contributed by atoms with Gasteiger partial charge in [0.25, 0.3) is 0 Å². The number of ether oxygens (including phenoxy) is 1. The molecule has 2 unspecified atom stereocenters.